The zero-order valence-corrected chi connectivity index (χ0v) is 13.9. The standard InChI is InChI=1S/C15H23N3O2S/c1-5-21(19,20)9-8-18-13-7-6-11(16)10-12(13)17-14(18)15(2,3)4/h6-7,10H,5,8-9,16H2,1-4H3. The van der Waals surface area contributed by atoms with E-state index in [0.29, 0.717) is 12.2 Å². The van der Waals surface area contributed by atoms with E-state index in [1.807, 2.05) is 22.8 Å². The lowest BCUT2D eigenvalue weighted by Gasteiger charge is -2.20. The fraction of sp³-hybridized carbons (Fsp3) is 0.533. The second-order valence-corrected chi connectivity index (χ2v) is 8.79. The van der Waals surface area contributed by atoms with Crippen molar-refractivity contribution < 1.29 is 8.42 Å². The highest BCUT2D eigenvalue weighted by molar-refractivity contribution is 7.91. The van der Waals surface area contributed by atoms with Gasteiger partial charge in [0.15, 0.2) is 9.84 Å². The van der Waals surface area contributed by atoms with Gasteiger partial charge in [-0.15, -0.1) is 0 Å². The average molecular weight is 309 g/mol. The first-order valence-electron chi connectivity index (χ1n) is 7.11. The van der Waals surface area contributed by atoms with Crippen molar-refractivity contribution in [2.45, 2.75) is 39.7 Å². The number of hydrogen-bond donors (Lipinski definition) is 1. The van der Waals surface area contributed by atoms with E-state index in [4.69, 9.17) is 5.73 Å². The molecule has 5 nitrogen and oxygen atoms in total. The number of imidazole rings is 1. The van der Waals surface area contributed by atoms with Crippen LogP contribution in [0.4, 0.5) is 5.69 Å². The molecular weight excluding hydrogens is 286 g/mol. The third kappa shape index (κ3) is 3.37. The molecule has 0 aliphatic heterocycles. The van der Waals surface area contributed by atoms with Gasteiger partial charge in [-0.05, 0) is 18.2 Å². The number of aryl methyl sites for hydroxylation is 1. The number of fused-ring (bicyclic) bond motifs is 1. The van der Waals surface area contributed by atoms with E-state index in [-0.39, 0.29) is 16.9 Å². The topological polar surface area (TPSA) is 78.0 Å². The van der Waals surface area contributed by atoms with Gasteiger partial charge in [-0.1, -0.05) is 27.7 Å². The largest absolute Gasteiger partial charge is 0.399 e. The van der Waals surface area contributed by atoms with Crippen molar-refractivity contribution in [2.75, 3.05) is 17.2 Å². The third-order valence-corrected chi connectivity index (χ3v) is 5.19. The number of benzene rings is 1. The van der Waals surface area contributed by atoms with E-state index < -0.39 is 9.84 Å². The number of hydrogen-bond acceptors (Lipinski definition) is 4. The number of rotatable bonds is 4. The molecule has 0 saturated heterocycles. The number of anilines is 1. The molecule has 0 atom stereocenters. The van der Waals surface area contributed by atoms with Gasteiger partial charge in [-0.2, -0.15) is 0 Å². The highest BCUT2D eigenvalue weighted by Gasteiger charge is 2.23. The second kappa shape index (κ2) is 5.33. The number of nitrogens with two attached hydrogens (primary N) is 1. The molecule has 0 aliphatic rings. The lowest BCUT2D eigenvalue weighted by molar-refractivity contribution is 0.509. The Kier molecular flexibility index (Phi) is 4.02. The molecule has 0 saturated carbocycles. The van der Waals surface area contributed by atoms with Crippen molar-refractivity contribution >= 4 is 26.6 Å². The van der Waals surface area contributed by atoms with Gasteiger partial charge < -0.3 is 10.3 Å². The number of nitrogens with zero attached hydrogens (tertiary/aromatic N) is 2. The second-order valence-electron chi connectivity index (χ2n) is 6.32. The average Bonchev–Trinajstić information content (AvgIpc) is 2.74. The van der Waals surface area contributed by atoms with Crippen molar-refractivity contribution in [2.24, 2.45) is 0 Å². The van der Waals surface area contributed by atoms with Gasteiger partial charge in [-0.3, -0.25) is 0 Å². The molecule has 2 N–H and O–H groups in total. The predicted octanol–water partition coefficient (Wildman–Crippen LogP) is 2.35. The van der Waals surface area contributed by atoms with Crippen LogP contribution in [-0.2, 0) is 21.8 Å². The molecule has 0 bridgehead atoms. The predicted molar refractivity (Wildman–Crippen MR) is 87.2 cm³/mol. The van der Waals surface area contributed by atoms with Crippen molar-refractivity contribution in [1.82, 2.24) is 9.55 Å². The molecule has 6 heteroatoms. The molecule has 0 radical (unpaired) electrons. The summed E-state index contributed by atoms with van der Waals surface area (Å²) in [5.74, 6) is 1.18. The van der Waals surface area contributed by atoms with Gasteiger partial charge in [0.1, 0.15) is 5.82 Å². The smallest absolute Gasteiger partial charge is 0.151 e. The summed E-state index contributed by atoms with van der Waals surface area (Å²) in [4.78, 5) is 4.66. The molecule has 0 spiro atoms. The van der Waals surface area contributed by atoms with E-state index in [9.17, 15) is 8.42 Å². The van der Waals surface area contributed by atoms with E-state index >= 15 is 0 Å². The Morgan fingerprint density at radius 1 is 1.29 bits per heavy atom. The Balaban J connectivity index is 2.53. The molecule has 0 fully saturated rings. The summed E-state index contributed by atoms with van der Waals surface area (Å²) in [6, 6.07) is 5.56. The molecule has 1 aromatic carbocycles. The maximum absolute atomic E-state index is 11.8. The summed E-state index contributed by atoms with van der Waals surface area (Å²) in [6.07, 6.45) is 0. The Bertz CT molecular complexity index is 755. The molecule has 1 aromatic heterocycles. The monoisotopic (exact) mass is 309 g/mol. The Labute approximate surface area is 126 Å². The molecule has 0 amide bonds. The van der Waals surface area contributed by atoms with Gasteiger partial charge in [0, 0.05) is 23.4 Å². The third-order valence-electron chi connectivity index (χ3n) is 3.51. The molecule has 2 rings (SSSR count). The van der Waals surface area contributed by atoms with Crippen molar-refractivity contribution in [3.05, 3.63) is 24.0 Å². The van der Waals surface area contributed by atoms with Gasteiger partial charge in [0.25, 0.3) is 0 Å². The molecule has 2 aromatic rings. The molecule has 0 aliphatic carbocycles. The summed E-state index contributed by atoms with van der Waals surface area (Å²) in [5, 5.41) is 0. The van der Waals surface area contributed by atoms with Crippen LogP contribution in [-0.4, -0.2) is 29.5 Å². The molecule has 0 unspecified atom stereocenters. The Morgan fingerprint density at radius 2 is 1.95 bits per heavy atom. The van der Waals surface area contributed by atoms with Crippen LogP contribution in [0.1, 0.15) is 33.5 Å². The first-order chi connectivity index (χ1) is 9.64. The highest BCUT2D eigenvalue weighted by Crippen LogP contribution is 2.27. The molecule has 116 valence electrons. The SMILES string of the molecule is CCS(=O)(=O)CCn1c(C(C)(C)C)nc2cc(N)ccc21. The van der Waals surface area contributed by atoms with E-state index in [2.05, 4.69) is 25.8 Å². The summed E-state index contributed by atoms with van der Waals surface area (Å²) in [5.41, 5.74) is 8.05. The number of sulfone groups is 1. The minimum Gasteiger partial charge on any atom is -0.399 e. The first-order valence-corrected chi connectivity index (χ1v) is 8.93. The van der Waals surface area contributed by atoms with Crippen LogP contribution < -0.4 is 5.73 Å². The van der Waals surface area contributed by atoms with Crippen LogP contribution >= 0.6 is 0 Å². The quantitative estimate of drug-likeness (QED) is 0.879. The number of aromatic nitrogens is 2. The fourth-order valence-electron chi connectivity index (χ4n) is 2.32. The maximum atomic E-state index is 11.8. The molecule has 1 heterocycles. The summed E-state index contributed by atoms with van der Waals surface area (Å²) < 4.78 is 25.6. The van der Waals surface area contributed by atoms with Crippen LogP contribution in [0, 0.1) is 0 Å². The van der Waals surface area contributed by atoms with Crippen molar-refractivity contribution in [1.29, 1.82) is 0 Å². The molecule has 21 heavy (non-hydrogen) atoms. The van der Waals surface area contributed by atoms with E-state index in [1.54, 1.807) is 6.92 Å². The van der Waals surface area contributed by atoms with Gasteiger partial charge >= 0.3 is 0 Å². The highest BCUT2D eigenvalue weighted by atomic mass is 32.2. The van der Waals surface area contributed by atoms with Crippen LogP contribution in [0.15, 0.2) is 18.2 Å². The molecular formula is C15H23N3O2S. The Morgan fingerprint density at radius 3 is 2.52 bits per heavy atom. The maximum Gasteiger partial charge on any atom is 0.151 e. The van der Waals surface area contributed by atoms with Crippen LogP contribution in [0.2, 0.25) is 0 Å². The number of nitrogen functional groups attached to an aromatic ring is 1. The van der Waals surface area contributed by atoms with Gasteiger partial charge in [0.2, 0.25) is 0 Å². The fourth-order valence-corrected chi connectivity index (χ4v) is 3.07. The van der Waals surface area contributed by atoms with Gasteiger partial charge in [0.05, 0.1) is 16.8 Å². The Hall–Kier alpha value is -1.56. The van der Waals surface area contributed by atoms with Crippen LogP contribution in [0.5, 0.6) is 0 Å². The van der Waals surface area contributed by atoms with Crippen LogP contribution in [0.25, 0.3) is 11.0 Å². The van der Waals surface area contributed by atoms with Crippen molar-refractivity contribution in [3.8, 4) is 0 Å². The minimum absolute atomic E-state index is 0.127. The van der Waals surface area contributed by atoms with Crippen molar-refractivity contribution in [3.63, 3.8) is 0 Å². The van der Waals surface area contributed by atoms with E-state index in [1.165, 1.54) is 0 Å². The van der Waals surface area contributed by atoms with E-state index in [0.717, 1.165) is 16.9 Å². The summed E-state index contributed by atoms with van der Waals surface area (Å²) in [7, 11) is -3.01. The normalized spacial score (nSPS) is 13.0. The minimum atomic E-state index is -3.01. The first kappa shape index (κ1) is 15.8. The summed E-state index contributed by atoms with van der Waals surface area (Å²) in [6.45, 7) is 8.31. The summed E-state index contributed by atoms with van der Waals surface area (Å²) >= 11 is 0. The lowest BCUT2D eigenvalue weighted by Crippen LogP contribution is -2.22. The van der Waals surface area contributed by atoms with Gasteiger partial charge in [-0.25, -0.2) is 13.4 Å². The lowest BCUT2D eigenvalue weighted by atomic mass is 9.96. The van der Waals surface area contributed by atoms with Crippen LogP contribution in [0.3, 0.4) is 0 Å². The zero-order chi connectivity index (χ0) is 15.8. The zero-order valence-electron chi connectivity index (χ0n) is 13.0.